The molecule has 0 aliphatic rings. The minimum absolute atomic E-state index is 0.308. The Kier molecular flexibility index (Phi) is 4.24. The summed E-state index contributed by atoms with van der Waals surface area (Å²) < 4.78 is 7.16. The minimum Gasteiger partial charge on any atom is -0.462 e. The molecule has 7 heteroatoms. The van der Waals surface area contributed by atoms with Crippen molar-refractivity contribution in [2.75, 3.05) is 12.3 Å². The lowest BCUT2D eigenvalue weighted by Crippen LogP contribution is -2.03. The quantitative estimate of drug-likeness (QED) is 0.499. The fourth-order valence-electron chi connectivity index (χ4n) is 1.61. The minimum atomic E-state index is -0.426. The summed E-state index contributed by atoms with van der Waals surface area (Å²) in [6.07, 6.45) is 2.98. The van der Waals surface area contributed by atoms with Crippen LogP contribution < -0.4 is 5.73 Å². The molecule has 0 radical (unpaired) electrons. The highest BCUT2D eigenvalue weighted by Gasteiger charge is 2.12. The van der Waals surface area contributed by atoms with Crippen LogP contribution in [0.25, 0.3) is 5.69 Å². The van der Waals surface area contributed by atoms with Gasteiger partial charge in [0.15, 0.2) is 0 Å². The van der Waals surface area contributed by atoms with Crippen molar-refractivity contribution < 1.29 is 9.53 Å². The summed E-state index contributed by atoms with van der Waals surface area (Å²) in [5, 5.41) is 13.1. The van der Waals surface area contributed by atoms with E-state index in [4.69, 9.17) is 15.7 Å². The lowest BCUT2D eigenvalue weighted by Gasteiger charge is -2.06. The molecule has 2 rings (SSSR count). The van der Waals surface area contributed by atoms with Crippen molar-refractivity contribution in [2.45, 2.75) is 6.92 Å². The molecule has 0 aliphatic carbocycles. The highest BCUT2D eigenvalue weighted by atomic mass is 127. The van der Waals surface area contributed by atoms with Gasteiger partial charge in [0.1, 0.15) is 6.07 Å². The zero-order chi connectivity index (χ0) is 14.7. The molecule has 1 aromatic carbocycles. The van der Waals surface area contributed by atoms with Gasteiger partial charge in [-0.2, -0.15) is 10.4 Å². The maximum Gasteiger partial charge on any atom is 0.341 e. The summed E-state index contributed by atoms with van der Waals surface area (Å²) in [5.74, 6) is -0.426. The standard InChI is InChI=1S/C13H11IN4O2/c1-2-20-13(19)9-6-17-18(7-9)10-3-8(5-15)12(16)11(14)4-10/h3-4,6-7H,2,16H2,1H3. The number of ether oxygens (including phenoxy) is 1. The molecule has 0 bridgehead atoms. The number of hydrogen-bond acceptors (Lipinski definition) is 5. The third-order valence-corrected chi connectivity index (χ3v) is 3.49. The molecule has 0 aliphatic heterocycles. The van der Waals surface area contributed by atoms with Gasteiger partial charge in [-0.25, -0.2) is 9.48 Å². The number of aromatic nitrogens is 2. The molecule has 20 heavy (non-hydrogen) atoms. The van der Waals surface area contributed by atoms with E-state index in [9.17, 15) is 4.79 Å². The molecule has 2 N–H and O–H groups in total. The largest absolute Gasteiger partial charge is 0.462 e. The molecule has 0 unspecified atom stereocenters. The number of nitrogen functional groups attached to an aromatic ring is 1. The topological polar surface area (TPSA) is 93.9 Å². The molecular formula is C13H11IN4O2. The fraction of sp³-hybridized carbons (Fsp3) is 0.154. The molecule has 0 saturated carbocycles. The van der Waals surface area contributed by atoms with Gasteiger partial charge in [0.05, 0.1) is 35.3 Å². The second-order valence-corrected chi connectivity index (χ2v) is 5.06. The number of esters is 1. The summed E-state index contributed by atoms with van der Waals surface area (Å²) in [4.78, 5) is 11.6. The number of nitrogens with two attached hydrogens (primary N) is 1. The molecule has 2 aromatic rings. The van der Waals surface area contributed by atoms with E-state index in [1.807, 2.05) is 6.07 Å². The lowest BCUT2D eigenvalue weighted by atomic mass is 10.2. The Hall–Kier alpha value is -2.08. The van der Waals surface area contributed by atoms with Crippen LogP contribution in [0.1, 0.15) is 22.8 Å². The molecule has 0 atom stereocenters. The number of hydrogen-bond donors (Lipinski definition) is 1. The summed E-state index contributed by atoms with van der Waals surface area (Å²) in [5.41, 5.74) is 7.64. The maximum atomic E-state index is 11.6. The summed E-state index contributed by atoms with van der Waals surface area (Å²) in [6, 6.07) is 5.45. The predicted molar refractivity (Wildman–Crippen MR) is 81.4 cm³/mol. The monoisotopic (exact) mass is 382 g/mol. The van der Waals surface area contributed by atoms with E-state index in [1.165, 1.54) is 10.9 Å². The lowest BCUT2D eigenvalue weighted by molar-refractivity contribution is 0.0526. The molecule has 1 heterocycles. The summed E-state index contributed by atoms with van der Waals surface area (Å²) in [6.45, 7) is 2.05. The number of nitriles is 1. The normalized spacial score (nSPS) is 10.1. The first-order valence-electron chi connectivity index (χ1n) is 5.78. The molecule has 0 amide bonds. The predicted octanol–water partition coefficient (Wildman–Crippen LogP) is 2.11. The van der Waals surface area contributed by atoms with E-state index in [1.54, 1.807) is 25.3 Å². The fourth-order valence-corrected chi connectivity index (χ4v) is 2.22. The number of rotatable bonds is 3. The van der Waals surface area contributed by atoms with E-state index in [0.29, 0.717) is 29.1 Å². The van der Waals surface area contributed by atoms with Crippen molar-refractivity contribution in [3.8, 4) is 11.8 Å². The van der Waals surface area contributed by atoms with Crippen molar-refractivity contribution in [1.29, 1.82) is 5.26 Å². The third-order valence-electron chi connectivity index (χ3n) is 2.59. The smallest absolute Gasteiger partial charge is 0.341 e. The van der Waals surface area contributed by atoms with Crippen LogP contribution in [0.3, 0.4) is 0 Å². The summed E-state index contributed by atoms with van der Waals surface area (Å²) in [7, 11) is 0. The van der Waals surface area contributed by atoms with Gasteiger partial charge in [-0.15, -0.1) is 0 Å². The Morgan fingerprint density at radius 1 is 1.60 bits per heavy atom. The average Bonchev–Trinajstić information content (AvgIpc) is 2.91. The van der Waals surface area contributed by atoms with Gasteiger partial charge < -0.3 is 10.5 Å². The first-order valence-corrected chi connectivity index (χ1v) is 6.86. The second-order valence-electron chi connectivity index (χ2n) is 3.89. The molecule has 0 saturated heterocycles. The van der Waals surface area contributed by atoms with Crippen LogP contribution in [-0.2, 0) is 4.74 Å². The maximum absolute atomic E-state index is 11.6. The van der Waals surface area contributed by atoms with Gasteiger partial charge in [-0.1, -0.05) is 0 Å². The first-order chi connectivity index (χ1) is 9.56. The molecule has 102 valence electrons. The van der Waals surface area contributed by atoms with E-state index >= 15 is 0 Å². The Morgan fingerprint density at radius 2 is 2.35 bits per heavy atom. The molecule has 1 aromatic heterocycles. The Labute approximate surface area is 129 Å². The van der Waals surface area contributed by atoms with E-state index in [-0.39, 0.29) is 0 Å². The molecular weight excluding hydrogens is 371 g/mol. The van der Waals surface area contributed by atoms with E-state index < -0.39 is 5.97 Å². The van der Waals surface area contributed by atoms with Crippen LogP contribution in [0, 0.1) is 14.9 Å². The molecule has 0 spiro atoms. The Bertz CT molecular complexity index is 703. The number of carbonyl (C=O) groups excluding carboxylic acids is 1. The Morgan fingerprint density at radius 3 is 3.00 bits per heavy atom. The van der Waals surface area contributed by atoms with E-state index in [0.717, 1.165) is 3.57 Å². The molecule has 6 nitrogen and oxygen atoms in total. The Balaban J connectivity index is 2.41. The van der Waals surface area contributed by atoms with Crippen molar-refractivity contribution in [1.82, 2.24) is 9.78 Å². The van der Waals surface area contributed by atoms with Gasteiger partial charge >= 0.3 is 5.97 Å². The van der Waals surface area contributed by atoms with Crippen molar-refractivity contribution in [2.24, 2.45) is 0 Å². The van der Waals surface area contributed by atoms with Crippen LogP contribution in [0.15, 0.2) is 24.5 Å². The zero-order valence-electron chi connectivity index (χ0n) is 10.6. The average molecular weight is 382 g/mol. The highest BCUT2D eigenvalue weighted by Crippen LogP contribution is 2.23. The van der Waals surface area contributed by atoms with Gasteiger partial charge in [0.2, 0.25) is 0 Å². The van der Waals surface area contributed by atoms with Crippen LogP contribution >= 0.6 is 22.6 Å². The second kappa shape index (κ2) is 5.92. The SMILES string of the molecule is CCOC(=O)c1cnn(-c2cc(I)c(N)c(C#N)c2)c1. The van der Waals surface area contributed by atoms with Gasteiger partial charge in [-0.05, 0) is 41.6 Å². The van der Waals surface area contributed by atoms with Crippen molar-refractivity contribution in [3.05, 3.63) is 39.2 Å². The van der Waals surface area contributed by atoms with Gasteiger partial charge in [0.25, 0.3) is 0 Å². The van der Waals surface area contributed by atoms with E-state index in [2.05, 4.69) is 27.7 Å². The van der Waals surface area contributed by atoms with Crippen LogP contribution in [-0.4, -0.2) is 22.4 Å². The number of benzene rings is 1. The van der Waals surface area contributed by atoms with Gasteiger partial charge in [0, 0.05) is 9.77 Å². The van der Waals surface area contributed by atoms with Crippen molar-refractivity contribution in [3.63, 3.8) is 0 Å². The van der Waals surface area contributed by atoms with Crippen LogP contribution in [0.2, 0.25) is 0 Å². The number of anilines is 1. The third kappa shape index (κ3) is 2.75. The summed E-state index contributed by atoms with van der Waals surface area (Å²) >= 11 is 2.05. The number of nitrogens with zero attached hydrogens (tertiary/aromatic N) is 3. The van der Waals surface area contributed by atoms with Gasteiger partial charge in [-0.3, -0.25) is 0 Å². The molecule has 0 fully saturated rings. The number of carbonyl (C=O) groups is 1. The van der Waals surface area contributed by atoms with Crippen LogP contribution in [0.5, 0.6) is 0 Å². The van der Waals surface area contributed by atoms with Crippen LogP contribution in [0.4, 0.5) is 5.69 Å². The highest BCUT2D eigenvalue weighted by molar-refractivity contribution is 14.1. The number of halogens is 1. The van der Waals surface area contributed by atoms with Crippen molar-refractivity contribution >= 4 is 34.2 Å². The zero-order valence-corrected chi connectivity index (χ0v) is 12.8. The first kappa shape index (κ1) is 14.3.